The van der Waals surface area contributed by atoms with Gasteiger partial charge in [-0.3, -0.25) is 0 Å². The van der Waals surface area contributed by atoms with Gasteiger partial charge in [-0.15, -0.1) is 0 Å². The van der Waals surface area contributed by atoms with Crippen LogP contribution >= 0.6 is 0 Å². The number of rotatable bonds is 8. The summed E-state index contributed by atoms with van der Waals surface area (Å²) in [6.45, 7) is 10.5. The van der Waals surface area contributed by atoms with Crippen LogP contribution in [0.25, 0.3) is 0 Å². The lowest BCUT2D eigenvalue weighted by atomic mass is 10.1. The molecular weight excluding hydrogens is 242 g/mol. The highest BCUT2D eigenvalue weighted by atomic mass is 16.5. The van der Waals surface area contributed by atoms with Crippen LogP contribution in [0.4, 0.5) is 0 Å². The number of phenols is 1. The standard InChI is InChI=1S/C15H25NO3/c1-5-18-13-9-7-8-12(14(13)17)10-16-11-15(3,4)19-6-2/h7-9,16-17H,5-6,10-11H2,1-4H3. The number of hydrogen-bond donors (Lipinski definition) is 2. The Bertz CT molecular complexity index is 391. The molecule has 1 rings (SSSR count). The number of benzene rings is 1. The summed E-state index contributed by atoms with van der Waals surface area (Å²) in [6.07, 6.45) is 0. The van der Waals surface area contributed by atoms with Crippen LogP contribution in [0, 0.1) is 0 Å². The lowest BCUT2D eigenvalue weighted by Crippen LogP contribution is -2.37. The van der Waals surface area contributed by atoms with E-state index in [0.29, 0.717) is 25.5 Å². The van der Waals surface area contributed by atoms with E-state index < -0.39 is 0 Å². The highest BCUT2D eigenvalue weighted by Crippen LogP contribution is 2.29. The van der Waals surface area contributed by atoms with Gasteiger partial charge in [0.15, 0.2) is 11.5 Å². The molecule has 0 atom stereocenters. The molecule has 1 aromatic carbocycles. The highest BCUT2D eigenvalue weighted by molar-refractivity contribution is 5.45. The molecule has 4 heteroatoms. The van der Waals surface area contributed by atoms with Crippen LogP contribution in [0.2, 0.25) is 0 Å². The van der Waals surface area contributed by atoms with E-state index >= 15 is 0 Å². The van der Waals surface area contributed by atoms with E-state index in [1.165, 1.54) is 0 Å². The van der Waals surface area contributed by atoms with Crippen molar-refractivity contribution in [2.75, 3.05) is 19.8 Å². The van der Waals surface area contributed by atoms with E-state index in [1.807, 2.05) is 39.8 Å². The zero-order valence-electron chi connectivity index (χ0n) is 12.3. The Morgan fingerprint density at radius 3 is 2.58 bits per heavy atom. The number of phenolic OH excluding ortho intramolecular Hbond substituents is 1. The molecule has 0 saturated carbocycles. The molecule has 1 aromatic rings. The molecule has 0 fully saturated rings. The lowest BCUT2D eigenvalue weighted by Gasteiger charge is -2.25. The van der Waals surface area contributed by atoms with Crippen LogP contribution in [0.1, 0.15) is 33.3 Å². The van der Waals surface area contributed by atoms with Gasteiger partial charge in [-0.05, 0) is 33.8 Å². The summed E-state index contributed by atoms with van der Waals surface area (Å²) in [4.78, 5) is 0. The van der Waals surface area contributed by atoms with Gasteiger partial charge in [-0.25, -0.2) is 0 Å². The van der Waals surface area contributed by atoms with E-state index in [0.717, 1.165) is 12.1 Å². The molecule has 0 saturated heterocycles. The largest absolute Gasteiger partial charge is 0.504 e. The van der Waals surface area contributed by atoms with Crippen molar-refractivity contribution >= 4 is 0 Å². The molecule has 0 heterocycles. The molecule has 0 aliphatic rings. The molecule has 4 nitrogen and oxygen atoms in total. The second-order valence-corrected chi connectivity index (χ2v) is 4.99. The normalized spacial score (nSPS) is 11.6. The third kappa shape index (κ3) is 5.09. The Kier molecular flexibility index (Phi) is 6.12. The van der Waals surface area contributed by atoms with Crippen molar-refractivity contribution in [1.82, 2.24) is 5.32 Å². The van der Waals surface area contributed by atoms with Gasteiger partial charge in [-0.1, -0.05) is 12.1 Å². The van der Waals surface area contributed by atoms with E-state index in [9.17, 15) is 5.11 Å². The van der Waals surface area contributed by atoms with Crippen molar-refractivity contribution in [3.8, 4) is 11.5 Å². The third-order valence-corrected chi connectivity index (χ3v) is 2.78. The molecule has 0 spiro atoms. The minimum absolute atomic E-state index is 0.206. The monoisotopic (exact) mass is 267 g/mol. The van der Waals surface area contributed by atoms with Crippen LogP contribution in [0.3, 0.4) is 0 Å². The third-order valence-electron chi connectivity index (χ3n) is 2.78. The van der Waals surface area contributed by atoms with Gasteiger partial charge in [0.05, 0.1) is 12.2 Å². The van der Waals surface area contributed by atoms with Gasteiger partial charge in [0.2, 0.25) is 0 Å². The summed E-state index contributed by atoms with van der Waals surface area (Å²) in [7, 11) is 0. The first-order valence-corrected chi connectivity index (χ1v) is 6.78. The Morgan fingerprint density at radius 1 is 1.21 bits per heavy atom. The molecule has 108 valence electrons. The van der Waals surface area contributed by atoms with Crippen molar-refractivity contribution in [2.24, 2.45) is 0 Å². The van der Waals surface area contributed by atoms with Crippen LogP contribution < -0.4 is 10.1 Å². The molecule has 0 aromatic heterocycles. The first-order chi connectivity index (χ1) is 9.00. The van der Waals surface area contributed by atoms with E-state index in [2.05, 4.69) is 5.32 Å². The van der Waals surface area contributed by atoms with Gasteiger partial charge >= 0.3 is 0 Å². The van der Waals surface area contributed by atoms with Gasteiger partial charge in [0.25, 0.3) is 0 Å². The molecule has 0 unspecified atom stereocenters. The van der Waals surface area contributed by atoms with Crippen molar-refractivity contribution in [2.45, 2.75) is 39.8 Å². The average molecular weight is 267 g/mol. The van der Waals surface area contributed by atoms with Gasteiger partial charge in [0.1, 0.15) is 0 Å². The van der Waals surface area contributed by atoms with Crippen LogP contribution in [0.15, 0.2) is 18.2 Å². The minimum atomic E-state index is -0.206. The van der Waals surface area contributed by atoms with Crippen LogP contribution in [-0.4, -0.2) is 30.5 Å². The summed E-state index contributed by atoms with van der Waals surface area (Å²) < 4.78 is 11.0. The number of ether oxygens (including phenoxy) is 2. The predicted octanol–water partition coefficient (Wildman–Crippen LogP) is 2.70. The fourth-order valence-corrected chi connectivity index (χ4v) is 1.92. The maximum Gasteiger partial charge on any atom is 0.162 e. The second-order valence-electron chi connectivity index (χ2n) is 4.99. The summed E-state index contributed by atoms with van der Waals surface area (Å²) >= 11 is 0. The topological polar surface area (TPSA) is 50.7 Å². The molecule has 2 N–H and O–H groups in total. The number of para-hydroxylation sites is 1. The Balaban J connectivity index is 2.56. The maximum absolute atomic E-state index is 10.1. The van der Waals surface area contributed by atoms with Crippen molar-refractivity contribution in [3.63, 3.8) is 0 Å². The van der Waals surface area contributed by atoms with Gasteiger partial charge < -0.3 is 19.9 Å². The molecule has 0 bridgehead atoms. The van der Waals surface area contributed by atoms with Crippen molar-refractivity contribution in [3.05, 3.63) is 23.8 Å². The lowest BCUT2D eigenvalue weighted by molar-refractivity contribution is -0.00900. The number of hydrogen-bond acceptors (Lipinski definition) is 4. The van der Waals surface area contributed by atoms with Gasteiger partial charge in [0, 0.05) is 25.3 Å². The zero-order chi connectivity index (χ0) is 14.3. The summed E-state index contributed by atoms with van der Waals surface area (Å²) in [6, 6.07) is 5.54. The molecule has 0 aliphatic heterocycles. The van der Waals surface area contributed by atoms with Crippen LogP contribution in [0.5, 0.6) is 11.5 Å². The fraction of sp³-hybridized carbons (Fsp3) is 0.600. The summed E-state index contributed by atoms with van der Waals surface area (Å²) in [5, 5.41) is 13.4. The summed E-state index contributed by atoms with van der Waals surface area (Å²) in [5.41, 5.74) is 0.625. The molecular formula is C15H25NO3. The zero-order valence-corrected chi connectivity index (χ0v) is 12.3. The fourth-order valence-electron chi connectivity index (χ4n) is 1.92. The number of nitrogens with one attached hydrogen (secondary N) is 1. The van der Waals surface area contributed by atoms with Crippen molar-refractivity contribution in [1.29, 1.82) is 0 Å². The first kappa shape index (κ1) is 15.8. The molecule has 0 aliphatic carbocycles. The quantitative estimate of drug-likeness (QED) is 0.760. The Labute approximate surface area is 115 Å². The Morgan fingerprint density at radius 2 is 1.95 bits per heavy atom. The summed E-state index contributed by atoms with van der Waals surface area (Å²) in [5.74, 6) is 0.747. The minimum Gasteiger partial charge on any atom is -0.504 e. The first-order valence-electron chi connectivity index (χ1n) is 6.78. The highest BCUT2D eigenvalue weighted by Gasteiger charge is 2.17. The second kappa shape index (κ2) is 7.36. The molecule has 0 amide bonds. The Hall–Kier alpha value is -1.26. The maximum atomic E-state index is 10.1. The van der Waals surface area contributed by atoms with Gasteiger partial charge in [-0.2, -0.15) is 0 Å². The number of aromatic hydroxyl groups is 1. The smallest absolute Gasteiger partial charge is 0.162 e. The SMILES string of the molecule is CCOc1cccc(CNCC(C)(C)OCC)c1O. The van der Waals surface area contributed by atoms with E-state index in [4.69, 9.17) is 9.47 Å². The average Bonchev–Trinajstić information content (AvgIpc) is 2.34. The predicted molar refractivity (Wildman–Crippen MR) is 76.7 cm³/mol. The van der Waals surface area contributed by atoms with E-state index in [1.54, 1.807) is 6.07 Å². The molecule has 19 heavy (non-hydrogen) atoms. The van der Waals surface area contributed by atoms with Crippen LogP contribution in [-0.2, 0) is 11.3 Å². The van der Waals surface area contributed by atoms with Crippen molar-refractivity contribution < 1.29 is 14.6 Å². The van der Waals surface area contributed by atoms with E-state index in [-0.39, 0.29) is 11.4 Å². The molecule has 0 radical (unpaired) electrons.